The average Bonchev–Trinajstić information content (AvgIpc) is 2.60. The molecule has 2 rings (SSSR count). The largest absolute Gasteiger partial charge is 0.497 e. The fraction of sp³-hybridized carbons (Fsp3) is 0.316. The summed E-state index contributed by atoms with van der Waals surface area (Å²) in [7, 11) is 1.64. The van der Waals surface area contributed by atoms with E-state index in [0.717, 1.165) is 23.3 Å². The number of methoxy groups -OCH3 is 1. The summed E-state index contributed by atoms with van der Waals surface area (Å²) in [5.74, 6) is 0.754. The smallest absolute Gasteiger partial charge is 0.251 e. The van der Waals surface area contributed by atoms with Crippen LogP contribution in [0.1, 0.15) is 27.9 Å². The Balaban J connectivity index is 1.92. The Morgan fingerprint density at radius 3 is 2.74 bits per heavy atom. The normalized spacial score (nSPS) is 10.3. The number of benzene rings is 2. The van der Waals surface area contributed by atoms with E-state index in [0.29, 0.717) is 24.9 Å². The number of rotatable bonds is 8. The van der Waals surface area contributed by atoms with E-state index in [1.807, 2.05) is 48.5 Å². The summed E-state index contributed by atoms with van der Waals surface area (Å²) in [6.07, 6.45) is 2.12. The highest BCUT2D eigenvalue weighted by Gasteiger charge is 2.10. The van der Waals surface area contributed by atoms with E-state index < -0.39 is 0 Å². The van der Waals surface area contributed by atoms with Crippen molar-refractivity contribution in [2.75, 3.05) is 20.3 Å². The lowest BCUT2D eigenvalue weighted by atomic mass is 10.0. The van der Waals surface area contributed by atoms with Crippen molar-refractivity contribution >= 4 is 5.91 Å². The zero-order chi connectivity index (χ0) is 16.5. The summed E-state index contributed by atoms with van der Waals surface area (Å²) in [5, 5.41) is 11.9. The van der Waals surface area contributed by atoms with Crippen LogP contribution in [0.2, 0.25) is 0 Å². The summed E-state index contributed by atoms with van der Waals surface area (Å²) in [6, 6.07) is 15.4. The van der Waals surface area contributed by atoms with E-state index in [1.165, 1.54) is 0 Å². The van der Waals surface area contributed by atoms with Crippen molar-refractivity contribution in [1.29, 1.82) is 0 Å². The predicted octanol–water partition coefficient (Wildman–Crippen LogP) is 2.59. The van der Waals surface area contributed by atoms with E-state index in [2.05, 4.69) is 5.32 Å². The first-order valence-corrected chi connectivity index (χ1v) is 7.84. The van der Waals surface area contributed by atoms with Crippen molar-refractivity contribution in [1.82, 2.24) is 5.32 Å². The maximum Gasteiger partial charge on any atom is 0.251 e. The summed E-state index contributed by atoms with van der Waals surface area (Å²) < 4.78 is 5.20. The monoisotopic (exact) mass is 313 g/mol. The van der Waals surface area contributed by atoms with E-state index in [4.69, 9.17) is 9.84 Å². The van der Waals surface area contributed by atoms with Gasteiger partial charge in [-0.3, -0.25) is 4.79 Å². The molecule has 0 bridgehead atoms. The number of hydrogen-bond acceptors (Lipinski definition) is 3. The Kier molecular flexibility index (Phi) is 6.63. The first kappa shape index (κ1) is 17.0. The van der Waals surface area contributed by atoms with E-state index >= 15 is 0 Å². The Hall–Kier alpha value is -2.33. The van der Waals surface area contributed by atoms with Gasteiger partial charge in [0.15, 0.2) is 0 Å². The molecule has 0 aliphatic rings. The molecule has 2 aromatic carbocycles. The topological polar surface area (TPSA) is 58.6 Å². The first-order valence-electron chi connectivity index (χ1n) is 7.84. The molecule has 2 N–H and O–H groups in total. The molecule has 2 aromatic rings. The molecule has 0 aromatic heterocycles. The van der Waals surface area contributed by atoms with Crippen molar-refractivity contribution in [3.8, 4) is 5.75 Å². The van der Waals surface area contributed by atoms with Crippen LogP contribution >= 0.6 is 0 Å². The minimum absolute atomic E-state index is 0.0681. The molecule has 23 heavy (non-hydrogen) atoms. The molecule has 0 heterocycles. The number of aliphatic hydroxyl groups is 1. The van der Waals surface area contributed by atoms with Gasteiger partial charge >= 0.3 is 0 Å². The number of aryl methyl sites for hydroxylation is 1. The Morgan fingerprint density at radius 1 is 1.13 bits per heavy atom. The lowest BCUT2D eigenvalue weighted by Crippen LogP contribution is -2.26. The van der Waals surface area contributed by atoms with Crippen molar-refractivity contribution in [3.05, 3.63) is 65.2 Å². The van der Waals surface area contributed by atoms with E-state index in [-0.39, 0.29) is 12.5 Å². The van der Waals surface area contributed by atoms with Gasteiger partial charge in [0.1, 0.15) is 5.75 Å². The van der Waals surface area contributed by atoms with Crippen molar-refractivity contribution < 1.29 is 14.6 Å². The molecule has 4 heteroatoms. The standard InChI is InChI=1S/C19H23NO3/c1-23-17-9-4-6-15(14-17)11-12-20-19(22)18-10-3-2-7-16(18)8-5-13-21/h2-4,6-7,9-10,14,21H,5,8,11-13H2,1H3,(H,20,22). The second kappa shape index (κ2) is 8.96. The van der Waals surface area contributed by atoms with Gasteiger partial charge < -0.3 is 15.2 Å². The third-order valence-corrected chi connectivity index (χ3v) is 3.70. The minimum Gasteiger partial charge on any atom is -0.497 e. The van der Waals surface area contributed by atoms with Crippen molar-refractivity contribution in [2.24, 2.45) is 0 Å². The number of aliphatic hydroxyl groups excluding tert-OH is 1. The second-order valence-corrected chi connectivity index (χ2v) is 5.34. The van der Waals surface area contributed by atoms with Crippen molar-refractivity contribution in [2.45, 2.75) is 19.3 Å². The zero-order valence-corrected chi connectivity index (χ0v) is 13.4. The minimum atomic E-state index is -0.0681. The van der Waals surface area contributed by atoms with Crippen LogP contribution < -0.4 is 10.1 Å². The van der Waals surface area contributed by atoms with Gasteiger partial charge in [-0.05, 0) is 48.6 Å². The lowest BCUT2D eigenvalue weighted by Gasteiger charge is -2.10. The molecule has 0 spiro atoms. The van der Waals surface area contributed by atoms with Crippen LogP contribution in [0.5, 0.6) is 5.75 Å². The van der Waals surface area contributed by atoms with Gasteiger partial charge in [-0.2, -0.15) is 0 Å². The molecule has 0 saturated carbocycles. The fourth-order valence-electron chi connectivity index (χ4n) is 2.47. The molecule has 0 aliphatic heterocycles. The predicted molar refractivity (Wildman–Crippen MR) is 90.9 cm³/mol. The van der Waals surface area contributed by atoms with Gasteiger partial charge in [0.2, 0.25) is 0 Å². The molecular weight excluding hydrogens is 290 g/mol. The number of ether oxygens (including phenoxy) is 1. The number of carbonyl (C=O) groups is 1. The quantitative estimate of drug-likeness (QED) is 0.787. The molecule has 0 atom stereocenters. The molecule has 0 saturated heterocycles. The average molecular weight is 313 g/mol. The first-order chi connectivity index (χ1) is 11.2. The fourth-order valence-corrected chi connectivity index (χ4v) is 2.47. The number of hydrogen-bond donors (Lipinski definition) is 2. The summed E-state index contributed by atoms with van der Waals surface area (Å²) in [4.78, 5) is 12.3. The van der Waals surface area contributed by atoms with Crippen LogP contribution in [0, 0.1) is 0 Å². The number of nitrogens with one attached hydrogen (secondary N) is 1. The third-order valence-electron chi connectivity index (χ3n) is 3.70. The highest BCUT2D eigenvalue weighted by atomic mass is 16.5. The van der Waals surface area contributed by atoms with E-state index in [9.17, 15) is 4.79 Å². The maximum atomic E-state index is 12.3. The van der Waals surface area contributed by atoms with Gasteiger partial charge in [0.25, 0.3) is 5.91 Å². The highest BCUT2D eigenvalue weighted by molar-refractivity contribution is 5.95. The second-order valence-electron chi connectivity index (χ2n) is 5.34. The van der Waals surface area contributed by atoms with Gasteiger partial charge in [0.05, 0.1) is 7.11 Å². The van der Waals surface area contributed by atoms with Crippen LogP contribution in [0.15, 0.2) is 48.5 Å². The zero-order valence-electron chi connectivity index (χ0n) is 13.4. The number of amides is 1. The van der Waals surface area contributed by atoms with Crippen LogP contribution in [0.25, 0.3) is 0 Å². The van der Waals surface area contributed by atoms with Gasteiger partial charge in [-0.15, -0.1) is 0 Å². The molecule has 1 amide bonds. The summed E-state index contributed by atoms with van der Waals surface area (Å²) in [6.45, 7) is 0.701. The van der Waals surface area contributed by atoms with Crippen molar-refractivity contribution in [3.63, 3.8) is 0 Å². The van der Waals surface area contributed by atoms with Gasteiger partial charge in [-0.1, -0.05) is 30.3 Å². The molecular formula is C19H23NO3. The Bertz CT molecular complexity index is 640. The van der Waals surface area contributed by atoms with Crippen LogP contribution in [-0.2, 0) is 12.8 Å². The van der Waals surface area contributed by atoms with Gasteiger partial charge in [-0.25, -0.2) is 0 Å². The lowest BCUT2D eigenvalue weighted by molar-refractivity contribution is 0.0953. The molecule has 0 unspecified atom stereocenters. The molecule has 0 fully saturated rings. The summed E-state index contributed by atoms with van der Waals surface area (Å²) in [5.41, 5.74) is 2.78. The summed E-state index contributed by atoms with van der Waals surface area (Å²) >= 11 is 0. The van der Waals surface area contributed by atoms with Crippen LogP contribution in [-0.4, -0.2) is 31.3 Å². The number of carbonyl (C=O) groups excluding carboxylic acids is 1. The Morgan fingerprint density at radius 2 is 1.96 bits per heavy atom. The van der Waals surface area contributed by atoms with E-state index in [1.54, 1.807) is 7.11 Å². The highest BCUT2D eigenvalue weighted by Crippen LogP contribution is 2.13. The molecule has 122 valence electrons. The maximum absolute atomic E-state index is 12.3. The molecule has 4 nitrogen and oxygen atoms in total. The molecule has 0 radical (unpaired) electrons. The third kappa shape index (κ3) is 5.11. The molecule has 0 aliphatic carbocycles. The SMILES string of the molecule is COc1cccc(CCNC(=O)c2ccccc2CCCO)c1. The van der Waals surface area contributed by atoms with Crippen LogP contribution in [0.4, 0.5) is 0 Å². The Labute approximate surface area is 137 Å². The van der Waals surface area contributed by atoms with Gasteiger partial charge in [0, 0.05) is 18.7 Å². The van der Waals surface area contributed by atoms with Crippen LogP contribution in [0.3, 0.4) is 0 Å².